The maximum atomic E-state index is 12.8. The van der Waals surface area contributed by atoms with Crippen LogP contribution in [0, 0.1) is 0 Å². The van der Waals surface area contributed by atoms with Gasteiger partial charge in [0.15, 0.2) is 0 Å². The van der Waals surface area contributed by atoms with Crippen molar-refractivity contribution in [3.8, 4) is 32.3 Å². The summed E-state index contributed by atoms with van der Waals surface area (Å²) in [7, 11) is 0. The van der Waals surface area contributed by atoms with E-state index in [1.165, 1.54) is 0 Å². The van der Waals surface area contributed by atoms with Crippen LogP contribution < -0.4 is 0 Å². The number of aromatic nitrogens is 4. The minimum Gasteiger partial charge on any atom is -0.444 e. The highest BCUT2D eigenvalue weighted by molar-refractivity contribution is 7.18. The van der Waals surface area contributed by atoms with Gasteiger partial charge in [-0.15, -0.1) is 11.3 Å². The number of imidazole rings is 2. The summed E-state index contributed by atoms with van der Waals surface area (Å²) in [4.78, 5) is 47.5. The van der Waals surface area contributed by atoms with Gasteiger partial charge >= 0.3 is 12.2 Å². The Kier molecular flexibility index (Phi) is 8.24. The number of nitrogens with one attached hydrogen (secondary N) is 2. The van der Waals surface area contributed by atoms with Gasteiger partial charge in [-0.3, -0.25) is 9.80 Å². The predicted molar refractivity (Wildman–Crippen MR) is 175 cm³/mol. The molecule has 45 heavy (non-hydrogen) atoms. The molecule has 0 bridgehead atoms. The van der Waals surface area contributed by atoms with Gasteiger partial charge in [0.25, 0.3) is 0 Å². The van der Waals surface area contributed by atoms with Gasteiger partial charge in [-0.1, -0.05) is 24.3 Å². The Morgan fingerprint density at radius 3 is 1.71 bits per heavy atom. The third kappa shape index (κ3) is 6.93. The highest BCUT2D eigenvalue weighted by atomic mass is 32.1. The van der Waals surface area contributed by atoms with Gasteiger partial charge in [0, 0.05) is 18.0 Å². The largest absolute Gasteiger partial charge is 0.444 e. The Bertz CT molecular complexity index is 1660. The number of carbonyl (C=O) groups is 2. The van der Waals surface area contributed by atoms with E-state index in [0.29, 0.717) is 13.1 Å². The molecule has 2 atom stereocenters. The van der Waals surface area contributed by atoms with Gasteiger partial charge in [-0.2, -0.15) is 0 Å². The van der Waals surface area contributed by atoms with Gasteiger partial charge in [-0.05, 0) is 90.5 Å². The lowest BCUT2D eigenvalue weighted by molar-refractivity contribution is 0.0208. The molecule has 0 spiro atoms. The lowest BCUT2D eigenvalue weighted by atomic mass is 10.1. The first kappa shape index (κ1) is 30.9. The van der Waals surface area contributed by atoms with E-state index in [9.17, 15) is 9.59 Å². The first-order valence-electron chi connectivity index (χ1n) is 15.6. The van der Waals surface area contributed by atoms with E-state index in [1.807, 2.05) is 53.9 Å². The fourth-order valence-corrected chi connectivity index (χ4v) is 6.89. The van der Waals surface area contributed by atoms with E-state index in [2.05, 4.69) is 56.3 Å². The minimum atomic E-state index is -0.536. The van der Waals surface area contributed by atoms with Crippen LogP contribution in [0.2, 0.25) is 0 Å². The second-order valence-electron chi connectivity index (χ2n) is 13.8. The van der Waals surface area contributed by atoms with Gasteiger partial charge in [0.05, 0.1) is 40.7 Å². The number of hydrogen-bond donors (Lipinski definition) is 2. The van der Waals surface area contributed by atoms with Crippen LogP contribution in [0.15, 0.2) is 48.8 Å². The van der Waals surface area contributed by atoms with E-state index in [0.717, 1.165) is 69.6 Å². The number of rotatable bonds is 5. The molecule has 3 aromatic heterocycles. The molecular weight excluding hydrogens is 588 g/mol. The molecule has 2 aliphatic rings. The number of likely N-dealkylation sites (tertiary alicyclic amines) is 2. The highest BCUT2D eigenvalue weighted by Gasteiger charge is 2.36. The zero-order valence-electron chi connectivity index (χ0n) is 26.8. The van der Waals surface area contributed by atoms with E-state index >= 15 is 0 Å². The van der Waals surface area contributed by atoms with Crippen LogP contribution in [0.1, 0.15) is 91.0 Å². The number of amides is 2. The normalized spacial score (nSPS) is 18.9. The van der Waals surface area contributed by atoms with Gasteiger partial charge < -0.3 is 19.4 Å². The number of ether oxygens (including phenoxy) is 2. The van der Waals surface area contributed by atoms with Crippen LogP contribution in [0.4, 0.5) is 9.59 Å². The molecule has 4 aromatic rings. The summed E-state index contributed by atoms with van der Waals surface area (Å²) in [6.07, 6.45) is 6.65. The van der Waals surface area contributed by atoms with Crippen LogP contribution >= 0.6 is 11.3 Å². The van der Waals surface area contributed by atoms with Crippen molar-refractivity contribution in [1.82, 2.24) is 29.7 Å². The summed E-state index contributed by atoms with van der Waals surface area (Å²) in [5.41, 5.74) is 2.93. The average Bonchev–Trinajstić information content (AvgIpc) is 3.80. The van der Waals surface area contributed by atoms with E-state index in [4.69, 9.17) is 9.47 Å². The Labute approximate surface area is 268 Å². The summed E-state index contributed by atoms with van der Waals surface area (Å²) >= 11 is 1.69. The minimum absolute atomic E-state index is 0.113. The molecule has 5 heterocycles. The number of benzene rings is 1. The molecule has 238 valence electrons. The molecule has 1 aromatic carbocycles. The van der Waals surface area contributed by atoms with Crippen molar-refractivity contribution in [1.29, 1.82) is 0 Å². The van der Waals surface area contributed by atoms with E-state index < -0.39 is 11.2 Å². The Morgan fingerprint density at radius 2 is 1.18 bits per heavy atom. The van der Waals surface area contributed by atoms with Crippen LogP contribution in [0.3, 0.4) is 0 Å². The predicted octanol–water partition coefficient (Wildman–Crippen LogP) is 8.34. The summed E-state index contributed by atoms with van der Waals surface area (Å²) in [5.74, 6) is 1.57. The summed E-state index contributed by atoms with van der Waals surface area (Å²) in [6, 6.07) is 12.4. The number of carbonyl (C=O) groups excluding carboxylic acids is 2. The van der Waals surface area contributed by atoms with Gasteiger partial charge in [0.2, 0.25) is 0 Å². The fourth-order valence-electron chi connectivity index (χ4n) is 5.92. The van der Waals surface area contributed by atoms with Crippen molar-refractivity contribution in [2.45, 2.75) is 90.5 Å². The van der Waals surface area contributed by atoms with Crippen molar-refractivity contribution in [2.24, 2.45) is 0 Å². The van der Waals surface area contributed by atoms with Crippen LogP contribution in [0.5, 0.6) is 0 Å². The van der Waals surface area contributed by atoms with Crippen molar-refractivity contribution in [3.05, 3.63) is 60.4 Å². The molecular formula is C34H42N6O4S. The van der Waals surface area contributed by atoms with Crippen molar-refractivity contribution < 1.29 is 19.1 Å². The van der Waals surface area contributed by atoms with Crippen LogP contribution in [-0.4, -0.2) is 66.2 Å². The first-order valence-corrected chi connectivity index (χ1v) is 16.5. The Hall–Kier alpha value is -4.12. The van der Waals surface area contributed by atoms with E-state index in [-0.39, 0.29) is 24.3 Å². The van der Waals surface area contributed by atoms with Crippen molar-refractivity contribution in [3.63, 3.8) is 0 Å². The van der Waals surface area contributed by atoms with Crippen molar-refractivity contribution >= 4 is 23.5 Å². The molecule has 0 aliphatic carbocycles. The van der Waals surface area contributed by atoms with E-state index in [1.54, 1.807) is 21.1 Å². The average molecular weight is 631 g/mol. The molecule has 2 aliphatic heterocycles. The monoisotopic (exact) mass is 630 g/mol. The van der Waals surface area contributed by atoms with Crippen LogP contribution in [-0.2, 0) is 9.47 Å². The molecule has 2 saturated heterocycles. The maximum absolute atomic E-state index is 12.8. The third-order valence-corrected chi connectivity index (χ3v) is 9.10. The maximum Gasteiger partial charge on any atom is 0.410 e. The number of hydrogen-bond acceptors (Lipinski definition) is 7. The molecule has 0 radical (unpaired) electrons. The number of thiophene rings is 1. The molecule has 0 unspecified atom stereocenters. The molecule has 10 nitrogen and oxygen atoms in total. The topological polar surface area (TPSA) is 116 Å². The second-order valence-corrected chi connectivity index (χ2v) is 14.9. The fraction of sp³-hybridized carbons (Fsp3) is 0.471. The molecule has 2 amide bonds. The lowest BCUT2D eigenvalue weighted by Crippen LogP contribution is -2.36. The molecule has 0 saturated carbocycles. The summed E-state index contributed by atoms with van der Waals surface area (Å²) < 4.78 is 11.3. The summed E-state index contributed by atoms with van der Waals surface area (Å²) in [6.45, 7) is 12.6. The Morgan fingerprint density at radius 1 is 0.711 bits per heavy atom. The van der Waals surface area contributed by atoms with Crippen LogP contribution in [0.25, 0.3) is 32.3 Å². The van der Waals surface area contributed by atoms with Gasteiger partial charge in [-0.25, -0.2) is 19.6 Å². The molecule has 2 fully saturated rings. The SMILES string of the molecule is CC(C)(C)OC(=O)N1CCC[C@@H]1c1ncc(-c2ccc(-c3ccc(-c4cnc([C@H]5CCCN5C(=O)OC(C)(C)C)[nH]4)s3)cc2)[nH]1. The number of nitrogens with zero attached hydrogens (tertiary/aromatic N) is 4. The standard InChI is InChI=1S/C34H42N6O4S/c1-33(2,3)43-31(41)39-17-7-9-25(39)29-35-19-23(37-29)21-11-13-22(14-12-21)27-15-16-28(45-27)24-20-36-30(38-24)26-10-8-18-40(26)32(42)44-34(4,5)6/h11-16,19-20,25-26H,7-10,17-18H2,1-6H3,(H,35,37)(H,36,38)/t25-,26-/m1/s1. The number of H-pyrrole nitrogens is 2. The number of aromatic amines is 2. The van der Waals surface area contributed by atoms with Crippen molar-refractivity contribution in [2.75, 3.05) is 13.1 Å². The second kappa shape index (κ2) is 12.0. The molecule has 6 rings (SSSR count). The molecule has 11 heteroatoms. The Balaban J connectivity index is 1.12. The lowest BCUT2D eigenvalue weighted by Gasteiger charge is -2.27. The quantitative estimate of drug-likeness (QED) is 0.229. The zero-order valence-corrected chi connectivity index (χ0v) is 27.7. The highest BCUT2D eigenvalue weighted by Crippen LogP contribution is 2.38. The molecule has 2 N–H and O–H groups in total. The summed E-state index contributed by atoms with van der Waals surface area (Å²) in [5, 5.41) is 0. The third-order valence-electron chi connectivity index (χ3n) is 7.94. The first-order chi connectivity index (χ1) is 21.3. The zero-order chi connectivity index (χ0) is 31.9. The van der Waals surface area contributed by atoms with Gasteiger partial charge in [0.1, 0.15) is 22.9 Å². The smallest absolute Gasteiger partial charge is 0.410 e.